The second-order valence-electron chi connectivity index (χ2n) is 4.49. The van der Waals surface area contributed by atoms with Crippen LogP contribution in [0, 0.1) is 5.92 Å². The van der Waals surface area contributed by atoms with Crippen LogP contribution in [0.3, 0.4) is 0 Å². The maximum Gasteiger partial charge on any atom is 0.326 e. The number of amides is 1. The number of rotatable bonds is 9. The topological polar surface area (TPSA) is 104 Å². The van der Waals surface area contributed by atoms with Gasteiger partial charge in [-0.3, -0.25) is 9.59 Å². The van der Waals surface area contributed by atoms with E-state index in [1.165, 1.54) is 0 Å². The lowest BCUT2D eigenvalue weighted by molar-refractivity contribution is -0.143. The number of nitrogens with one attached hydrogen (secondary N) is 1. The van der Waals surface area contributed by atoms with Crippen molar-refractivity contribution in [1.29, 1.82) is 0 Å². The molecule has 6 nitrogen and oxygen atoms in total. The van der Waals surface area contributed by atoms with Crippen molar-refractivity contribution in [2.75, 3.05) is 0 Å². The van der Waals surface area contributed by atoms with Crippen molar-refractivity contribution >= 4 is 17.8 Å². The zero-order chi connectivity index (χ0) is 14.1. The molecule has 2 unspecified atom stereocenters. The molecule has 3 N–H and O–H groups in total. The minimum absolute atomic E-state index is 0.0986. The summed E-state index contributed by atoms with van der Waals surface area (Å²) in [6, 6.07) is -1.12. The second-order valence-corrected chi connectivity index (χ2v) is 4.49. The molecule has 0 saturated carbocycles. The van der Waals surface area contributed by atoms with E-state index in [4.69, 9.17) is 10.2 Å². The molecule has 0 aromatic heterocycles. The highest BCUT2D eigenvalue weighted by Crippen LogP contribution is 2.10. The van der Waals surface area contributed by atoms with Crippen LogP contribution in [0.5, 0.6) is 0 Å². The first kappa shape index (κ1) is 16.4. The van der Waals surface area contributed by atoms with Gasteiger partial charge in [0, 0.05) is 12.8 Å². The molecule has 0 rings (SSSR count). The molecule has 1 amide bonds. The number of carbonyl (C=O) groups excluding carboxylic acids is 1. The number of carbonyl (C=O) groups is 3. The Labute approximate surface area is 106 Å². The van der Waals surface area contributed by atoms with E-state index in [0.717, 1.165) is 12.8 Å². The fourth-order valence-corrected chi connectivity index (χ4v) is 1.69. The molecule has 104 valence electrons. The average molecular weight is 259 g/mol. The van der Waals surface area contributed by atoms with Crippen molar-refractivity contribution in [2.45, 2.75) is 52.0 Å². The maximum atomic E-state index is 11.6. The highest BCUT2D eigenvalue weighted by Gasteiger charge is 2.21. The van der Waals surface area contributed by atoms with Crippen LogP contribution < -0.4 is 5.32 Å². The molecule has 0 aromatic carbocycles. The fourth-order valence-electron chi connectivity index (χ4n) is 1.69. The van der Waals surface area contributed by atoms with Gasteiger partial charge in [-0.1, -0.05) is 26.7 Å². The largest absolute Gasteiger partial charge is 0.481 e. The van der Waals surface area contributed by atoms with Crippen LogP contribution in [0.25, 0.3) is 0 Å². The first-order valence-electron chi connectivity index (χ1n) is 6.10. The molecular formula is C12H21NO5. The van der Waals surface area contributed by atoms with Crippen LogP contribution in [-0.4, -0.2) is 34.1 Å². The van der Waals surface area contributed by atoms with Crippen LogP contribution in [0.1, 0.15) is 46.0 Å². The average Bonchev–Trinajstić information content (AvgIpc) is 2.23. The number of carboxylic acids is 2. The molecule has 0 heterocycles. The van der Waals surface area contributed by atoms with E-state index in [1.807, 2.05) is 13.8 Å². The highest BCUT2D eigenvalue weighted by atomic mass is 16.4. The van der Waals surface area contributed by atoms with Gasteiger partial charge in [0.25, 0.3) is 0 Å². The molecule has 18 heavy (non-hydrogen) atoms. The van der Waals surface area contributed by atoms with Gasteiger partial charge < -0.3 is 15.5 Å². The molecule has 0 aliphatic heterocycles. The summed E-state index contributed by atoms with van der Waals surface area (Å²) >= 11 is 0. The normalized spacial score (nSPS) is 13.7. The van der Waals surface area contributed by atoms with Gasteiger partial charge in [-0.2, -0.15) is 0 Å². The third kappa shape index (κ3) is 7.65. The van der Waals surface area contributed by atoms with Gasteiger partial charge in [0.05, 0.1) is 0 Å². The number of carboxylic acid groups (broad SMARTS) is 2. The van der Waals surface area contributed by atoms with Gasteiger partial charge in [-0.05, 0) is 12.3 Å². The smallest absolute Gasteiger partial charge is 0.326 e. The molecule has 6 heteroatoms. The molecule has 0 aliphatic carbocycles. The Bertz CT molecular complexity index is 303. The summed E-state index contributed by atoms with van der Waals surface area (Å²) < 4.78 is 0. The van der Waals surface area contributed by atoms with Gasteiger partial charge in [0.2, 0.25) is 5.91 Å². The van der Waals surface area contributed by atoms with Crippen molar-refractivity contribution in [3.05, 3.63) is 0 Å². The summed E-state index contributed by atoms with van der Waals surface area (Å²) in [5, 5.41) is 19.7. The van der Waals surface area contributed by atoms with E-state index in [2.05, 4.69) is 5.32 Å². The van der Waals surface area contributed by atoms with Gasteiger partial charge in [0.1, 0.15) is 6.04 Å². The Morgan fingerprint density at radius 1 is 1.17 bits per heavy atom. The van der Waals surface area contributed by atoms with Crippen molar-refractivity contribution in [2.24, 2.45) is 5.92 Å². The predicted octanol–water partition coefficient (Wildman–Crippen LogP) is 1.25. The van der Waals surface area contributed by atoms with Gasteiger partial charge >= 0.3 is 11.9 Å². The molecule has 2 atom stereocenters. The fraction of sp³-hybridized carbons (Fsp3) is 0.750. The standard InChI is InChI=1S/C12H21NO5/c1-3-4-8(2)7-10(14)13-9(12(17)18)5-6-11(15)16/h8-9H,3-7H2,1-2H3,(H,13,14)(H,15,16)(H,17,18). The van der Waals surface area contributed by atoms with Crippen molar-refractivity contribution in [3.63, 3.8) is 0 Å². The Morgan fingerprint density at radius 2 is 1.78 bits per heavy atom. The lowest BCUT2D eigenvalue weighted by Crippen LogP contribution is -2.41. The SMILES string of the molecule is CCCC(C)CC(=O)NC(CCC(=O)O)C(=O)O. The van der Waals surface area contributed by atoms with E-state index >= 15 is 0 Å². The Balaban J connectivity index is 4.19. The molecule has 0 radical (unpaired) electrons. The maximum absolute atomic E-state index is 11.6. The Hall–Kier alpha value is -1.59. The Morgan fingerprint density at radius 3 is 2.22 bits per heavy atom. The molecule has 0 aromatic rings. The summed E-state index contributed by atoms with van der Waals surface area (Å²) in [6.07, 6.45) is 1.77. The van der Waals surface area contributed by atoms with Gasteiger partial charge in [0.15, 0.2) is 0 Å². The summed E-state index contributed by atoms with van der Waals surface area (Å²) in [4.78, 5) is 32.8. The number of hydrogen-bond donors (Lipinski definition) is 3. The van der Waals surface area contributed by atoms with Crippen molar-refractivity contribution in [3.8, 4) is 0 Å². The van der Waals surface area contributed by atoms with Gasteiger partial charge in [-0.15, -0.1) is 0 Å². The third-order valence-corrected chi connectivity index (χ3v) is 2.60. The van der Waals surface area contributed by atoms with E-state index in [1.54, 1.807) is 0 Å². The molecule has 0 spiro atoms. The quantitative estimate of drug-likeness (QED) is 0.578. The summed E-state index contributed by atoms with van der Waals surface area (Å²) in [5.74, 6) is -2.42. The molecule has 0 saturated heterocycles. The van der Waals surface area contributed by atoms with Crippen LogP contribution in [0.4, 0.5) is 0 Å². The molecule has 0 fully saturated rings. The summed E-state index contributed by atoms with van der Waals surface area (Å²) in [7, 11) is 0. The van der Waals surface area contributed by atoms with E-state index in [9.17, 15) is 14.4 Å². The third-order valence-electron chi connectivity index (χ3n) is 2.60. The first-order chi connectivity index (χ1) is 8.36. The zero-order valence-corrected chi connectivity index (χ0v) is 10.8. The lowest BCUT2D eigenvalue weighted by Gasteiger charge is -2.15. The van der Waals surface area contributed by atoms with E-state index in [-0.39, 0.29) is 31.1 Å². The molecular weight excluding hydrogens is 238 g/mol. The Kier molecular flexibility index (Phi) is 7.74. The van der Waals surface area contributed by atoms with Gasteiger partial charge in [-0.25, -0.2) is 4.79 Å². The van der Waals surface area contributed by atoms with Crippen LogP contribution in [0.15, 0.2) is 0 Å². The first-order valence-corrected chi connectivity index (χ1v) is 6.10. The highest BCUT2D eigenvalue weighted by molar-refractivity contribution is 5.84. The second kappa shape index (κ2) is 8.49. The van der Waals surface area contributed by atoms with Crippen LogP contribution in [0.2, 0.25) is 0 Å². The minimum atomic E-state index is -1.20. The summed E-state index contributed by atoms with van der Waals surface area (Å²) in [5.41, 5.74) is 0. The summed E-state index contributed by atoms with van der Waals surface area (Å²) in [6.45, 7) is 3.94. The monoisotopic (exact) mass is 259 g/mol. The van der Waals surface area contributed by atoms with Crippen molar-refractivity contribution in [1.82, 2.24) is 5.32 Å². The molecule has 0 aliphatic rings. The molecule has 0 bridgehead atoms. The van der Waals surface area contributed by atoms with E-state index in [0.29, 0.717) is 0 Å². The number of hydrogen-bond acceptors (Lipinski definition) is 3. The minimum Gasteiger partial charge on any atom is -0.481 e. The van der Waals surface area contributed by atoms with Crippen LogP contribution >= 0.6 is 0 Å². The lowest BCUT2D eigenvalue weighted by atomic mass is 10.0. The zero-order valence-electron chi connectivity index (χ0n) is 10.8. The van der Waals surface area contributed by atoms with Crippen molar-refractivity contribution < 1.29 is 24.6 Å². The van der Waals surface area contributed by atoms with Crippen LogP contribution in [-0.2, 0) is 14.4 Å². The number of aliphatic carboxylic acids is 2. The van der Waals surface area contributed by atoms with E-state index < -0.39 is 18.0 Å². The predicted molar refractivity (Wildman–Crippen MR) is 65.1 cm³/mol.